The third kappa shape index (κ3) is 22.6. The van der Waals surface area contributed by atoms with Gasteiger partial charge in [0.1, 0.15) is 6.10 Å². The lowest BCUT2D eigenvalue weighted by Crippen LogP contribution is -2.35. The SMILES string of the molecule is CC(C)=CCC(C1OC1C(C)=CC=CC(C)=CC=CC(C)=CC=CC=C(C)C=CC=C(C)C=CC=C(C)C=CC(CCC(C)(C)O)C(C)(C)O)C(C)(C)O. The van der Waals surface area contributed by atoms with Gasteiger partial charge in [-0.25, -0.2) is 0 Å². The van der Waals surface area contributed by atoms with Gasteiger partial charge in [-0.15, -0.1) is 0 Å². The van der Waals surface area contributed by atoms with E-state index >= 15 is 0 Å². The lowest BCUT2D eigenvalue weighted by Gasteiger charge is -2.29. The molecule has 0 aromatic rings. The Morgan fingerprint density at radius 2 is 0.963 bits per heavy atom. The molecule has 3 N–H and O–H groups in total. The Bertz CT molecular complexity index is 1580. The molecule has 4 heteroatoms. The molecule has 0 saturated carbocycles. The first-order valence-corrected chi connectivity index (χ1v) is 19.6. The third-order valence-corrected chi connectivity index (χ3v) is 9.33. The average molecular weight is 739 g/mol. The molecular weight excluding hydrogens is 665 g/mol. The third-order valence-electron chi connectivity index (χ3n) is 9.33. The van der Waals surface area contributed by atoms with Crippen molar-refractivity contribution < 1.29 is 20.1 Å². The minimum Gasteiger partial charge on any atom is -0.390 e. The molecule has 298 valence electrons. The second kappa shape index (κ2) is 23.4. The van der Waals surface area contributed by atoms with Crippen LogP contribution in [0.25, 0.3) is 0 Å². The number of hydrogen-bond donors (Lipinski definition) is 3. The molecule has 4 unspecified atom stereocenters. The van der Waals surface area contributed by atoms with Gasteiger partial charge in [-0.1, -0.05) is 149 Å². The van der Waals surface area contributed by atoms with Crippen molar-refractivity contribution in [1.82, 2.24) is 0 Å². The van der Waals surface area contributed by atoms with E-state index in [2.05, 4.69) is 152 Å². The van der Waals surface area contributed by atoms with Crippen LogP contribution >= 0.6 is 0 Å². The summed E-state index contributed by atoms with van der Waals surface area (Å²) in [5.74, 6) is 0.0308. The van der Waals surface area contributed by atoms with E-state index in [-0.39, 0.29) is 24.0 Å². The second-order valence-electron chi connectivity index (χ2n) is 17.1. The van der Waals surface area contributed by atoms with Crippen molar-refractivity contribution in [3.8, 4) is 0 Å². The van der Waals surface area contributed by atoms with Crippen molar-refractivity contribution in [2.75, 3.05) is 0 Å². The molecule has 54 heavy (non-hydrogen) atoms. The Labute approximate surface area is 330 Å². The average Bonchev–Trinajstić information content (AvgIpc) is 3.81. The van der Waals surface area contributed by atoms with Crippen LogP contribution in [-0.2, 0) is 4.74 Å². The number of allylic oxidation sites excluding steroid dienone is 24. The molecule has 1 rings (SSSR count). The van der Waals surface area contributed by atoms with Gasteiger partial charge in [-0.3, -0.25) is 0 Å². The van der Waals surface area contributed by atoms with Crippen molar-refractivity contribution in [3.63, 3.8) is 0 Å². The van der Waals surface area contributed by atoms with Gasteiger partial charge < -0.3 is 20.1 Å². The van der Waals surface area contributed by atoms with Crippen LogP contribution in [0.5, 0.6) is 0 Å². The van der Waals surface area contributed by atoms with Crippen LogP contribution < -0.4 is 0 Å². The highest BCUT2D eigenvalue weighted by Gasteiger charge is 2.49. The van der Waals surface area contributed by atoms with E-state index < -0.39 is 16.8 Å². The lowest BCUT2D eigenvalue weighted by molar-refractivity contribution is 0.00579. The van der Waals surface area contributed by atoms with Crippen LogP contribution in [0.3, 0.4) is 0 Å². The van der Waals surface area contributed by atoms with Gasteiger partial charge in [0.05, 0.1) is 22.9 Å². The van der Waals surface area contributed by atoms with Crippen molar-refractivity contribution in [2.45, 2.75) is 145 Å². The fourth-order valence-corrected chi connectivity index (χ4v) is 5.64. The molecule has 4 nitrogen and oxygen atoms in total. The zero-order chi connectivity index (χ0) is 41.1. The summed E-state index contributed by atoms with van der Waals surface area (Å²) in [4.78, 5) is 0. The zero-order valence-corrected chi connectivity index (χ0v) is 36.2. The summed E-state index contributed by atoms with van der Waals surface area (Å²) < 4.78 is 6.02. The normalized spacial score (nSPS) is 20.5. The van der Waals surface area contributed by atoms with Gasteiger partial charge in [-0.05, 0) is 122 Å². The standard InChI is InChI=1S/C50H74O4/c1-37(2)31-34-45(50(13,14)53)47-46(54-47)43(8)30-20-29-41(6)26-18-24-39(4)22-16-15-21-38(3)23-17-25-40(5)27-19-28-42(7)32-33-44(49(11,12)52)35-36-48(9,10)51/h15-33,44-47,51-53H,34-36H2,1-14H3. The van der Waals surface area contributed by atoms with Crippen LogP contribution in [0.15, 0.2) is 154 Å². The summed E-state index contributed by atoms with van der Waals surface area (Å²) in [5, 5.41) is 31.4. The first-order chi connectivity index (χ1) is 25.0. The predicted octanol–water partition coefficient (Wildman–Crippen LogP) is 12.5. The van der Waals surface area contributed by atoms with Gasteiger partial charge in [0.15, 0.2) is 0 Å². The Balaban J connectivity index is 2.64. The molecule has 0 spiro atoms. The van der Waals surface area contributed by atoms with Crippen LogP contribution in [-0.4, -0.2) is 44.3 Å². The van der Waals surface area contributed by atoms with Crippen molar-refractivity contribution >= 4 is 0 Å². The van der Waals surface area contributed by atoms with Gasteiger partial charge in [0.25, 0.3) is 0 Å². The van der Waals surface area contributed by atoms with Gasteiger partial charge in [0.2, 0.25) is 0 Å². The molecule has 4 atom stereocenters. The molecule has 1 fully saturated rings. The first-order valence-electron chi connectivity index (χ1n) is 19.6. The summed E-state index contributed by atoms with van der Waals surface area (Å²) in [6.07, 6.45) is 41.9. The summed E-state index contributed by atoms with van der Waals surface area (Å²) >= 11 is 0. The van der Waals surface area contributed by atoms with E-state index in [1.807, 2.05) is 46.8 Å². The number of rotatable bonds is 21. The second-order valence-corrected chi connectivity index (χ2v) is 17.1. The van der Waals surface area contributed by atoms with Gasteiger partial charge >= 0.3 is 0 Å². The summed E-state index contributed by atoms with van der Waals surface area (Å²) in [7, 11) is 0. The highest BCUT2D eigenvalue weighted by Crippen LogP contribution is 2.41. The molecule has 0 aliphatic carbocycles. The number of ether oxygens (including phenoxy) is 1. The van der Waals surface area contributed by atoms with E-state index in [0.29, 0.717) is 6.42 Å². The number of hydrogen-bond acceptors (Lipinski definition) is 4. The Morgan fingerprint density at radius 3 is 1.35 bits per heavy atom. The monoisotopic (exact) mass is 739 g/mol. The molecule has 0 radical (unpaired) electrons. The molecule has 0 bridgehead atoms. The van der Waals surface area contributed by atoms with Gasteiger partial charge in [-0.2, -0.15) is 0 Å². The Morgan fingerprint density at radius 1 is 0.556 bits per heavy atom. The van der Waals surface area contributed by atoms with Crippen LogP contribution in [0.2, 0.25) is 0 Å². The predicted molar refractivity (Wildman–Crippen MR) is 235 cm³/mol. The highest BCUT2D eigenvalue weighted by molar-refractivity contribution is 5.33. The Kier molecular flexibility index (Phi) is 21.0. The quantitative estimate of drug-likeness (QED) is 0.0623. The molecule has 0 aromatic heterocycles. The molecule has 1 saturated heterocycles. The maximum atomic E-state index is 10.7. The van der Waals surface area contributed by atoms with Crippen molar-refractivity contribution in [2.24, 2.45) is 11.8 Å². The highest BCUT2D eigenvalue weighted by atomic mass is 16.6. The molecule has 0 amide bonds. The molecule has 0 aromatic carbocycles. The van der Waals surface area contributed by atoms with Gasteiger partial charge in [0, 0.05) is 11.8 Å². The summed E-state index contributed by atoms with van der Waals surface area (Å²) in [6.45, 7) is 27.7. The van der Waals surface area contributed by atoms with Crippen LogP contribution in [0, 0.1) is 11.8 Å². The number of aliphatic hydroxyl groups is 3. The maximum absolute atomic E-state index is 10.7. The molecule has 1 aliphatic rings. The topological polar surface area (TPSA) is 73.2 Å². The molecule has 1 heterocycles. The molecular formula is C50H74O4. The van der Waals surface area contributed by atoms with Crippen molar-refractivity contribution in [1.29, 1.82) is 0 Å². The van der Waals surface area contributed by atoms with Crippen LogP contribution in [0.4, 0.5) is 0 Å². The zero-order valence-electron chi connectivity index (χ0n) is 36.2. The summed E-state index contributed by atoms with van der Waals surface area (Å²) in [6, 6.07) is 0. The van der Waals surface area contributed by atoms with Crippen LogP contribution in [0.1, 0.15) is 116 Å². The van der Waals surface area contributed by atoms with E-state index in [4.69, 9.17) is 4.74 Å². The maximum Gasteiger partial charge on any atom is 0.106 e. The first kappa shape index (κ1) is 48.5. The Hall–Kier alpha value is -3.54. The fraction of sp³-hybridized carbons (Fsp3) is 0.480. The molecule has 1 aliphatic heterocycles. The number of epoxide rings is 1. The lowest BCUT2D eigenvalue weighted by atomic mass is 9.83. The minimum atomic E-state index is -0.846. The van der Waals surface area contributed by atoms with E-state index in [9.17, 15) is 15.3 Å². The van der Waals surface area contributed by atoms with E-state index in [1.54, 1.807) is 13.8 Å². The van der Waals surface area contributed by atoms with E-state index in [1.165, 1.54) is 11.1 Å². The summed E-state index contributed by atoms with van der Waals surface area (Å²) in [5.41, 5.74) is 5.79. The van der Waals surface area contributed by atoms with E-state index in [0.717, 1.165) is 40.7 Å². The van der Waals surface area contributed by atoms with Crippen molar-refractivity contribution in [3.05, 3.63) is 154 Å². The smallest absolute Gasteiger partial charge is 0.106 e. The largest absolute Gasteiger partial charge is 0.390 e. The fourth-order valence-electron chi connectivity index (χ4n) is 5.64. The minimum absolute atomic E-state index is 0.0359.